The lowest BCUT2D eigenvalue weighted by Gasteiger charge is -2.22. The van der Waals surface area contributed by atoms with E-state index < -0.39 is 0 Å². The maximum atomic E-state index is 3.50. The highest BCUT2D eigenvalue weighted by Crippen LogP contribution is 2.40. The molecule has 1 aliphatic rings. The summed E-state index contributed by atoms with van der Waals surface area (Å²) >= 11 is 1.81. The Labute approximate surface area is 96.9 Å². The monoisotopic (exact) mass is 223 g/mol. The maximum Gasteiger partial charge on any atom is 0.0354 e. The summed E-state index contributed by atoms with van der Waals surface area (Å²) in [5.74, 6) is 1.83. The van der Waals surface area contributed by atoms with Gasteiger partial charge in [-0.25, -0.2) is 0 Å². The first kappa shape index (κ1) is 11.2. The molecule has 3 unspecified atom stereocenters. The molecule has 15 heavy (non-hydrogen) atoms. The zero-order valence-corrected chi connectivity index (χ0v) is 10.5. The van der Waals surface area contributed by atoms with Gasteiger partial charge in [-0.15, -0.1) is 0 Å². The molecule has 1 aromatic rings. The molecular weight excluding hydrogens is 202 g/mol. The Kier molecular flexibility index (Phi) is 3.81. The number of thiophene rings is 1. The minimum absolute atomic E-state index is 0.591. The summed E-state index contributed by atoms with van der Waals surface area (Å²) in [4.78, 5) is 0. The molecule has 0 aromatic carbocycles. The van der Waals surface area contributed by atoms with E-state index in [4.69, 9.17) is 0 Å². The van der Waals surface area contributed by atoms with Gasteiger partial charge < -0.3 is 5.32 Å². The zero-order valence-electron chi connectivity index (χ0n) is 9.70. The quantitative estimate of drug-likeness (QED) is 0.818. The molecule has 0 amide bonds. The molecule has 1 aliphatic carbocycles. The van der Waals surface area contributed by atoms with Crippen molar-refractivity contribution in [3.63, 3.8) is 0 Å². The first-order valence-electron chi connectivity index (χ1n) is 6.04. The highest BCUT2D eigenvalue weighted by Gasteiger charge is 2.30. The summed E-state index contributed by atoms with van der Waals surface area (Å²) in [6, 6.07) is 2.86. The van der Waals surface area contributed by atoms with Gasteiger partial charge in [-0.3, -0.25) is 0 Å². The van der Waals surface area contributed by atoms with Crippen molar-refractivity contribution in [3.05, 3.63) is 22.4 Å². The van der Waals surface area contributed by atoms with Crippen LogP contribution in [0.3, 0.4) is 0 Å². The second kappa shape index (κ2) is 5.13. The fraction of sp³-hybridized carbons (Fsp3) is 0.692. The fourth-order valence-corrected chi connectivity index (χ4v) is 3.61. The minimum Gasteiger partial charge on any atom is -0.313 e. The predicted molar refractivity (Wildman–Crippen MR) is 67.2 cm³/mol. The van der Waals surface area contributed by atoms with Crippen molar-refractivity contribution in [3.8, 4) is 0 Å². The molecule has 1 aromatic heterocycles. The van der Waals surface area contributed by atoms with Crippen LogP contribution in [-0.2, 0) is 0 Å². The molecule has 0 spiro atoms. The Morgan fingerprint density at radius 1 is 1.53 bits per heavy atom. The highest BCUT2D eigenvalue weighted by atomic mass is 32.1. The van der Waals surface area contributed by atoms with E-state index in [9.17, 15) is 0 Å². The summed E-state index contributed by atoms with van der Waals surface area (Å²) in [6.45, 7) is 2.33. The van der Waals surface area contributed by atoms with Crippen LogP contribution >= 0.6 is 11.3 Å². The molecule has 0 radical (unpaired) electrons. The normalized spacial score (nSPS) is 28.1. The van der Waals surface area contributed by atoms with Gasteiger partial charge >= 0.3 is 0 Å². The lowest BCUT2D eigenvalue weighted by atomic mass is 9.92. The largest absolute Gasteiger partial charge is 0.313 e. The molecule has 1 fully saturated rings. The molecule has 0 bridgehead atoms. The fourth-order valence-electron chi connectivity index (χ4n) is 2.91. The molecule has 2 heteroatoms. The van der Waals surface area contributed by atoms with Crippen LogP contribution in [0.15, 0.2) is 16.8 Å². The molecule has 84 valence electrons. The van der Waals surface area contributed by atoms with Gasteiger partial charge in [-0.1, -0.05) is 19.8 Å². The zero-order chi connectivity index (χ0) is 10.7. The van der Waals surface area contributed by atoms with E-state index in [0.717, 1.165) is 11.8 Å². The van der Waals surface area contributed by atoms with Crippen molar-refractivity contribution in [1.82, 2.24) is 5.32 Å². The average Bonchev–Trinajstić information content (AvgIpc) is 2.89. The molecule has 0 saturated heterocycles. The van der Waals surface area contributed by atoms with Gasteiger partial charge in [-0.05, 0) is 54.1 Å². The Bertz CT molecular complexity index is 281. The smallest absolute Gasteiger partial charge is 0.0354 e. The van der Waals surface area contributed by atoms with E-state index in [1.165, 1.54) is 31.2 Å². The van der Waals surface area contributed by atoms with E-state index in [1.807, 2.05) is 11.3 Å². The van der Waals surface area contributed by atoms with Crippen molar-refractivity contribution in [2.75, 3.05) is 7.05 Å². The minimum atomic E-state index is 0.591. The second-order valence-corrected chi connectivity index (χ2v) is 5.45. The van der Waals surface area contributed by atoms with Crippen LogP contribution < -0.4 is 5.32 Å². The van der Waals surface area contributed by atoms with Crippen LogP contribution in [0.5, 0.6) is 0 Å². The molecular formula is C13H21NS. The van der Waals surface area contributed by atoms with Gasteiger partial charge in [0.25, 0.3) is 0 Å². The van der Waals surface area contributed by atoms with Crippen molar-refractivity contribution in [2.24, 2.45) is 11.8 Å². The number of hydrogen-bond donors (Lipinski definition) is 1. The van der Waals surface area contributed by atoms with Crippen LogP contribution in [0.4, 0.5) is 0 Å². The Morgan fingerprint density at radius 3 is 2.93 bits per heavy atom. The third-order valence-corrected chi connectivity index (χ3v) is 4.55. The molecule has 0 aliphatic heterocycles. The molecule has 1 N–H and O–H groups in total. The summed E-state index contributed by atoms with van der Waals surface area (Å²) in [5, 5.41) is 7.98. The summed E-state index contributed by atoms with van der Waals surface area (Å²) in [5.41, 5.74) is 1.49. The standard InChI is InChI=1S/C13H21NS/c1-3-10-4-5-11(8-10)13(14-2)12-6-7-15-9-12/h6-7,9-11,13-14H,3-5,8H2,1-2H3. The third kappa shape index (κ3) is 2.43. The van der Waals surface area contributed by atoms with Gasteiger partial charge in [0, 0.05) is 6.04 Å². The van der Waals surface area contributed by atoms with Crippen molar-refractivity contribution in [2.45, 2.75) is 38.6 Å². The Balaban J connectivity index is 2.02. The van der Waals surface area contributed by atoms with Crippen LogP contribution in [0.25, 0.3) is 0 Å². The summed E-state index contributed by atoms with van der Waals surface area (Å²) < 4.78 is 0. The van der Waals surface area contributed by atoms with E-state index in [0.29, 0.717) is 6.04 Å². The van der Waals surface area contributed by atoms with E-state index in [2.05, 4.69) is 36.1 Å². The van der Waals surface area contributed by atoms with Crippen molar-refractivity contribution in [1.29, 1.82) is 0 Å². The first-order chi connectivity index (χ1) is 7.35. The van der Waals surface area contributed by atoms with Crippen LogP contribution in [-0.4, -0.2) is 7.05 Å². The summed E-state index contributed by atoms with van der Waals surface area (Å²) in [6.07, 6.45) is 5.61. The Morgan fingerprint density at radius 2 is 2.40 bits per heavy atom. The molecule has 1 saturated carbocycles. The Hall–Kier alpha value is -0.340. The van der Waals surface area contributed by atoms with Crippen molar-refractivity contribution < 1.29 is 0 Å². The van der Waals surface area contributed by atoms with Gasteiger partial charge in [0.05, 0.1) is 0 Å². The SMILES string of the molecule is CCC1CCC(C(NC)c2ccsc2)C1. The molecule has 2 rings (SSSR count). The highest BCUT2D eigenvalue weighted by molar-refractivity contribution is 7.07. The lowest BCUT2D eigenvalue weighted by molar-refractivity contribution is 0.373. The first-order valence-corrected chi connectivity index (χ1v) is 6.98. The van der Waals surface area contributed by atoms with E-state index in [-0.39, 0.29) is 0 Å². The maximum absolute atomic E-state index is 3.50. The van der Waals surface area contributed by atoms with Crippen LogP contribution in [0, 0.1) is 11.8 Å². The number of nitrogens with one attached hydrogen (secondary N) is 1. The van der Waals surface area contributed by atoms with Crippen LogP contribution in [0.2, 0.25) is 0 Å². The van der Waals surface area contributed by atoms with Crippen LogP contribution in [0.1, 0.15) is 44.2 Å². The lowest BCUT2D eigenvalue weighted by Crippen LogP contribution is -2.23. The summed E-state index contributed by atoms with van der Waals surface area (Å²) in [7, 11) is 2.10. The van der Waals surface area contributed by atoms with E-state index >= 15 is 0 Å². The molecule has 1 nitrogen and oxygen atoms in total. The molecule has 1 heterocycles. The predicted octanol–water partition coefficient (Wildman–Crippen LogP) is 3.83. The average molecular weight is 223 g/mol. The van der Waals surface area contributed by atoms with Gasteiger partial charge in [-0.2, -0.15) is 11.3 Å². The van der Waals surface area contributed by atoms with Gasteiger partial charge in [0.15, 0.2) is 0 Å². The van der Waals surface area contributed by atoms with Crippen molar-refractivity contribution >= 4 is 11.3 Å². The van der Waals surface area contributed by atoms with E-state index in [1.54, 1.807) is 0 Å². The molecule has 3 atom stereocenters. The number of hydrogen-bond acceptors (Lipinski definition) is 2. The second-order valence-electron chi connectivity index (χ2n) is 4.67. The number of rotatable bonds is 4. The van der Waals surface area contributed by atoms with Gasteiger partial charge in [0.2, 0.25) is 0 Å². The topological polar surface area (TPSA) is 12.0 Å². The van der Waals surface area contributed by atoms with Gasteiger partial charge in [0.1, 0.15) is 0 Å². The third-order valence-electron chi connectivity index (χ3n) is 3.84.